The van der Waals surface area contributed by atoms with Gasteiger partial charge in [0.25, 0.3) is 0 Å². The van der Waals surface area contributed by atoms with Gasteiger partial charge in [-0.1, -0.05) is 19.3 Å². The van der Waals surface area contributed by atoms with Crippen molar-refractivity contribution in [3.05, 3.63) is 17.5 Å². The van der Waals surface area contributed by atoms with Crippen molar-refractivity contribution in [2.24, 2.45) is 0 Å². The Morgan fingerprint density at radius 1 is 1.33 bits per heavy atom. The number of nitrogens with zero attached hydrogens (tertiary/aromatic N) is 3. The maximum Gasteiger partial charge on any atom is 0.0597 e. The van der Waals surface area contributed by atoms with Crippen molar-refractivity contribution in [3.8, 4) is 0 Å². The molecule has 1 spiro atoms. The Hall–Kier alpha value is -0.870. The predicted octanol–water partition coefficient (Wildman–Crippen LogP) is 2.71. The lowest BCUT2D eigenvalue weighted by Gasteiger charge is -2.49. The van der Waals surface area contributed by atoms with Crippen LogP contribution in [0.15, 0.2) is 6.07 Å². The summed E-state index contributed by atoms with van der Waals surface area (Å²) in [5.74, 6) is 0. The van der Waals surface area contributed by atoms with Crippen molar-refractivity contribution in [1.29, 1.82) is 0 Å². The molecule has 0 bridgehead atoms. The van der Waals surface area contributed by atoms with Gasteiger partial charge in [-0.2, -0.15) is 5.10 Å². The molecule has 2 heterocycles. The summed E-state index contributed by atoms with van der Waals surface area (Å²) in [6.07, 6.45) is 6.90. The van der Waals surface area contributed by atoms with Crippen molar-refractivity contribution in [1.82, 2.24) is 20.0 Å². The van der Waals surface area contributed by atoms with E-state index < -0.39 is 0 Å². The van der Waals surface area contributed by atoms with E-state index >= 15 is 0 Å². The lowest BCUT2D eigenvalue weighted by Crippen LogP contribution is -2.63. The van der Waals surface area contributed by atoms with E-state index in [9.17, 15) is 0 Å². The molecular weight excluding hydrogens is 260 g/mol. The standard InChI is InChI=1S/C17H30N4/c1-4-21-16(10-14(2)19-21)12-20-13-17(18-11-15(20)3)8-6-5-7-9-17/h10,15,18H,4-9,11-13H2,1-3H3. The highest BCUT2D eigenvalue weighted by Gasteiger charge is 2.38. The van der Waals surface area contributed by atoms with E-state index in [4.69, 9.17) is 0 Å². The molecule has 1 saturated heterocycles. The summed E-state index contributed by atoms with van der Waals surface area (Å²) in [5, 5.41) is 8.47. The first kappa shape index (κ1) is 15.0. The number of hydrogen-bond donors (Lipinski definition) is 1. The molecule has 118 valence electrons. The van der Waals surface area contributed by atoms with Gasteiger partial charge in [0.1, 0.15) is 0 Å². The SMILES string of the molecule is CCn1nc(C)cc1CN1CC2(CCCCC2)NCC1C. The average Bonchev–Trinajstić information content (AvgIpc) is 2.84. The predicted molar refractivity (Wildman–Crippen MR) is 86.3 cm³/mol. The van der Waals surface area contributed by atoms with Gasteiger partial charge in [0, 0.05) is 37.8 Å². The van der Waals surface area contributed by atoms with Gasteiger partial charge in [-0.3, -0.25) is 9.58 Å². The van der Waals surface area contributed by atoms with Crippen LogP contribution >= 0.6 is 0 Å². The summed E-state index contributed by atoms with van der Waals surface area (Å²) >= 11 is 0. The highest BCUT2D eigenvalue weighted by molar-refractivity contribution is 5.10. The maximum absolute atomic E-state index is 4.60. The first-order valence-electron chi connectivity index (χ1n) is 8.64. The first-order valence-corrected chi connectivity index (χ1v) is 8.64. The minimum Gasteiger partial charge on any atom is -0.308 e. The molecule has 1 unspecified atom stereocenters. The Morgan fingerprint density at radius 2 is 2.10 bits per heavy atom. The van der Waals surface area contributed by atoms with Gasteiger partial charge in [-0.25, -0.2) is 0 Å². The molecule has 0 radical (unpaired) electrons. The molecular formula is C17H30N4. The Bertz CT molecular complexity index is 473. The van der Waals surface area contributed by atoms with Crippen LogP contribution in [0.25, 0.3) is 0 Å². The zero-order valence-corrected chi connectivity index (χ0v) is 13.9. The van der Waals surface area contributed by atoms with Crippen molar-refractivity contribution in [2.75, 3.05) is 13.1 Å². The number of aromatic nitrogens is 2. The van der Waals surface area contributed by atoms with Gasteiger partial charge in [0.2, 0.25) is 0 Å². The number of hydrogen-bond acceptors (Lipinski definition) is 3. The third kappa shape index (κ3) is 3.16. The second kappa shape index (κ2) is 6.09. The third-order valence-electron chi connectivity index (χ3n) is 5.36. The molecule has 0 amide bonds. The zero-order valence-electron chi connectivity index (χ0n) is 13.9. The molecule has 1 aromatic heterocycles. The van der Waals surface area contributed by atoms with E-state index in [0.29, 0.717) is 11.6 Å². The summed E-state index contributed by atoms with van der Waals surface area (Å²) < 4.78 is 2.16. The minimum absolute atomic E-state index is 0.386. The van der Waals surface area contributed by atoms with E-state index in [2.05, 4.69) is 46.8 Å². The Balaban J connectivity index is 1.73. The van der Waals surface area contributed by atoms with E-state index in [1.54, 1.807) is 0 Å². The van der Waals surface area contributed by atoms with E-state index in [0.717, 1.165) is 25.3 Å². The molecule has 21 heavy (non-hydrogen) atoms. The number of nitrogens with one attached hydrogen (secondary N) is 1. The lowest BCUT2D eigenvalue weighted by atomic mass is 9.79. The fourth-order valence-electron chi connectivity index (χ4n) is 4.08. The molecule has 2 aliphatic rings. The van der Waals surface area contributed by atoms with Gasteiger partial charge < -0.3 is 5.32 Å². The van der Waals surface area contributed by atoms with Crippen LogP contribution in [0.5, 0.6) is 0 Å². The summed E-state index contributed by atoms with van der Waals surface area (Å²) in [5.41, 5.74) is 2.90. The fraction of sp³-hybridized carbons (Fsp3) is 0.824. The molecule has 1 aliphatic carbocycles. The zero-order chi connectivity index (χ0) is 14.9. The Kier molecular flexibility index (Phi) is 4.36. The largest absolute Gasteiger partial charge is 0.308 e. The van der Waals surface area contributed by atoms with Crippen LogP contribution in [0.4, 0.5) is 0 Å². The van der Waals surface area contributed by atoms with Crippen LogP contribution in [-0.4, -0.2) is 39.4 Å². The second-order valence-electron chi connectivity index (χ2n) is 7.07. The molecule has 4 heteroatoms. The third-order valence-corrected chi connectivity index (χ3v) is 5.36. The smallest absolute Gasteiger partial charge is 0.0597 e. The molecule has 1 aliphatic heterocycles. The first-order chi connectivity index (χ1) is 10.1. The van der Waals surface area contributed by atoms with E-state index in [-0.39, 0.29) is 0 Å². The number of piperazine rings is 1. The van der Waals surface area contributed by atoms with Crippen LogP contribution in [-0.2, 0) is 13.1 Å². The molecule has 1 aromatic rings. The van der Waals surface area contributed by atoms with Gasteiger partial charge in [-0.15, -0.1) is 0 Å². The summed E-state index contributed by atoms with van der Waals surface area (Å²) in [4.78, 5) is 2.67. The van der Waals surface area contributed by atoms with Crippen molar-refractivity contribution in [3.63, 3.8) is 0 Å². The molecule has 1 atom stereocenters. The fourth-order valence-corrected chi connectivity index (χ4v) is 4.08. The molecule has 1 saturated carbocycles. The van der Waals surface area contributed by atoms with E-state index in [1.165, 1.54) is 44.3 Å². The number of aryl methyl sites for hydroxylation is 2. The van der Waals surface area contributed by atoms with Crippen LogP contribution in [0.1, 0.15) is 57.3 Å². The minimum atomic E-state index is 0.386. The Morgan fingerprint density at radius 3 is 2.81 bits per heavy atom. The van der Waals surface area contributed by atoms with Crippen LogP contribution < -0.4 is 5.32 Å². The Labute approximate surface area is 128 Å². The number of rotatable bonds is 3. The quantitative estimate of drug-likeness (QED) is 0.929. The highest BCUT2D eigenvalue weighted by atomic mass is 15.3. The molecule has 4 nitrogen and oxygen atoms in total. The van der Waals surface area contributed by atoms with Crippen LogP contribution in [0, 0.1) is 6.92 Å². The van der Waals surface area contributed by atoms with Gasteiger partial charge >= 0.3 is 0 Å². The van der Waals surface area contributed by atoms with Gasteiger partial charge in [0.05, 0.1) is 11.4 Å². The summed E-state index contributed by atoms with van der Waals surface area (Å²) in [6, 6.07) is 2.87. The maximum atomic E-state index is 4.60. The summed E-state index contributed by atoms with van der Waals surface area (Å²) in [7, 11) is 0. The van der Waals surface area contributed by atoms with Crippen LogP contribution in [0.2, 0.25) is 0 Å². The molecule has 3 rings (SSSR count). The highest BCUT2D eigenvalue weighted by Crippen LogP contribution is 2.32. The molecule has 2 fully saturated rings. The molecule has 1 N–H and O–H groups in total. The van der Waals surface area contributed by atoms with Crippen LogP contribution in [0.3, 0.4) is 0 Å². The normalized spacial score (nSPS) is 26.3. The second-order valence-corrected chi connectivity index (χ2v) is 7.07. The average molecular weight is 290 g/mol. The van der Waals surface area contributed by atoms with Crippen molar-refractivity contribution < 1.29 is 0 Å². The molecule has 0 aromatic carbocycles. The van der Waals surface area contributed by atoms with Crippen molar-refractivity contribution in [2.45, 2.75) is 77.5 Å². The van der Waals surface area contributed by atoms with E-state index in [1.807, 2.05) is 0 Å². The lowest BCUT2D eigenvalue weighted by molar-refractivity contribution is 0.0554. The van der Waals surface area contributed by atoms with Gasteiger partial charge in [-0.05, 0) is 39.7 Å². The summed E-state index contributed by atoms with van der Waals surface area (Å²) in [6.45, 7) is 11.0. The monoisotopic (exact) mass is 290 g/mol. The van der Waals surface area contributed by atoms with Crippen molar-refractivity contribution >= 4 is 0 Å². The van der Waals surface area contributed by atoms with Gasteiger partial charge in [0.15, 0.2) is 0 Å². The topological polar surface area (TPSA) is 33.1 Å².